The van der Waals surface area contributed by atoms with Gasteiger partial charge in [0.2, 0.25) is 0 Å². The molecule has 0 amide bonds. The van der Waals surface area contributed by atoms with Gasteiger partial charge in [-0.1, -0.05) is 17.7 Å². The van der Waals surface area contributed by atoms with E-state index >= 15 is 0 Å². The number of aldehydes is 1. The number of rotatable bonds is 3. The van der Waals surface area contributed by atoms with Gasteiger partial charge in [0.1, 0.15) is 11.5 Å². The average molecular weight is 302 g/mol. The molecule has 21 heavy (non-hydrogen) atoms. The predicted molar refractivity (Wildman–Crippen MR) is 77.2 cm³/mol. The van der Waals surface area contributed by atoms with E-state index < -0.39 is 5.82 Å². The second-order valence-corrected chi connectivity index (χ2v) is 4.74. The Hall–Kier alpha value is -2.53. The lowest BCUT2D eigenvalue weighted by molar-refractivity contribution is 0.112. The van der Waals surface area contributed by atoms with Gasteiger partial charge >= 0.3 is 0 Å². The molecular weight excluding hydrogens is 293 g/mol. The van der Waals surface area contributed by atoms with Crippen LogP contribution in [0, 0.1) is 5.82 Å². The summed E-state index contributed by atoms with van der Waals surface area (Å²) in [5.41, 5.74) is 2.02. The first-order valence-electron chi connectivity index (χ1n) is 6.09. The number of aromatic nitrogens is 3. The largest absolute Gasteiger partial charge is 0.298 e. The molecule has 0 spiro atoms. The number of carbonyl (C=O) groups is 1. The lowest BCUT2D eigenvalue weighted by atomic mass is 10.1. The molecule has 0 N–H and O–H groups in total. The van der Waals surface area contributed by atoms with Crippen LogP contribution in [0.2, 0.25) is 5.02 Å². The fraction of sp³-hybridized carbons (Fsp3) is 0. The Morgan fingerprint density at radius 2 is 1.95 bits per heavy atom. The van der Waals surface area contributed by atoms with Gasteiger partial charge in [-0.3, -0.25) is 9.78 Å². The highest BCUT2D eigenvalue weighted by molar-refractivity contribution is 6.30. The minimum atomic E-state index is -0.551. The monoisotopic (exact) mass is 301 g/mol. The predicted octanol–water partition coefficient (Wildman–Crippen LogP) is 3.54. The molecule has 3 aromatic rings. The number of benzene rings is 1. The standard InChI is InChI=1S/C15H9ClFN3O/c16-13-2-1-10(7-14(13)17)15-11(9-21)8-20(19-15)12-3-5-18-6-4-12/h1-9H. The highest BCUT2D eigenvalue weighted by atomic mass is 35.5. The zero-order valence-corrected chi connectivity index (χ0v) is 11.5. The molecule has 104 valence electrons. The van der Waals surface area contributed by atoms with Gasteiger partial charge in [-0.15, -0.1) is 0 Å². The Kier molecular flexibility index (Phi) is 3.50. The smallest absolute Gasteiger partial charge is 0.153 e. The third kappa shape index (κ3) is 2.55. The van der Waals surface area contributed by atoms with Gasteiger partial charge in [-0.2, -0.15) is 5.10 Å². The topological polar surface area (TPSA) is 47.8 Å². The van der Waals surface area contributed by atoms with Crippen LogP contribution in [0.4, 0.5) is 4.39 Å². The second-order valence-electron chi connectivity index (χ2n) is 4.33. The van der Waals surface area contributed by atoms with Crippen LogP contribution in [-0.4, -0.2) is 21.1 Å². The molecular formula is C15H9ClFN3O. The van der Waals surface area contributed by atoms with E-state index in [1.807, 2.05) is 0 Å². The van der Waals surface area contributed by atoms with Gasteiger partial charge in [-0.25, -0.2) is 9.07 Å². The molecule has 0 radical (unpaired) electrons. The number of hydrogen-bond donors (Lipinski definition) is 0. The van der Waals surface area contributed by atoms with Gasteiger partial charge in [0.25, 0.3) is 0 Å². The van der Waals surface area contributed by atoms with Crippen molar-refractivity contribution in [1.29, 1.82) is 0 Å². The maximum Gasteiger partial charge on any atom is 0.153 e. The summed E-state index contributed by atoms with van der Waals surface area (Å²) in [5.74, 6) is -0.551. The molecule has 4 nitrogen and oxygen atoms in total. The van der Waals surface area contributed by atoms with Gasteiger partial charge in [0.15, 0.2) is 6.29 Å². The molecule has 0 saturated heterocycles. The summed E-state index contributed by atoms with van der Waals surface area (Å²) in [6.07, 6.45) is 5.52. The first-order valence-corrected chi connectivity index (χ1v) is 6.47. The Labute approximate surface area is 124 Å². The minimum absolute atomic E-state index is 0.0277. The summed E-state index contributed by atoms with van der Waals surface area (Å²) >= 11 is 5.67. The van der Waals surface area contributed by atoms with Crippen molar-refractivity contribution in [2.24, 2.45) is 0 Å². The Morgan fingerprint density at radius 1 is 1.19 bits per heavy atom. The summed E-state index contributed by atoms with van der Waals surface area (Å²) in [4.78, 5) is 15.1. The Morgan fingerprint density at radius 3 is 2.62 bits per heavy atom. The quantitative estimate of drug-likeness (QED) is 0.695. The lowest BCUT2D eigenvalue weighted by Crippen LogP contribution is -1.94. The summed E-state index contributed by atoms with van der Waals surface area (Å²) in [7, 11) is 0. The molecule has 0 bridgehead atoms. The number of pyridine rings is 1. The van der Waals surface area contributed by atoms with E-state index in [2.05, 4.69) is 10.1 Å². The number of hydrogen-bond acceptors (Lipinski definition) is 3. The third-order valence-electron chi connectivity index (χ3n) is 2.99. The molecule has 3 rings (SSSR count). The molecule has 0 aliphatic rings. The Balaban J connectivity index is 2.12. The molecule has 0 aliphatic heterocycles. The zero-order valence-electron chi connectivity index (χ0n) is 10.7. The van der Waals surface area contributed by atoms with Crippen molar-refractivity contribution >= 4 is 17.9 Å². The maximum absolute atomic E-state index is 13.6. The number of halogens is 2. The van der Waals surface area contributed by atoms with Crippen LogP contribution >= 0.6 is 11.6 Å². The Bertz CT molecular complexity index is 802. The molecule has 0 aliphatic carbocycles. The number of nitrogens with zero attached hydrogens (tertiary/aromatic N) is 3. The number of carbonyl (C=O) groups excluding carboxylic acids is 1. The van der Waals surface area contributed by atoms with Gasteiger partial charge in [0, 0.05) is 24.2 Å². The van der Waals surface area contributed by atoms with Crippen molar-refractivity contribution < 1.29 is 9.18 Å². The van der Waals surface area contributed by atoms with Gasteiger partial charge < -0.3 is 0 Å². The fourth-order valence-corrected chi connectivity index (χ4v) is 2.09. The molecule has 0 fully saturated rings. The second kappa shape index (κ2) is 5.46. The highest BCUT2D eigenvalue weighted by Crippen LogP contribution is 2.26. The maximum atomic E-state index is 13.6. The van der Waals surface area contributed by atoms with Crippen LogP contribution in [0.25, 0.3) is 16.9 Å². The average Bonchev–Trinajstić information content (AvgIpc) is 2.95. The fourth-order valence-electron chi connectivity index (χ4n) is 1.97. The van der Waals surface area contributed by atoms with E-state index in [1.54, 1.807) is 41.5 Å². The van der Waals surface area contributed by atoms with E-state index in [0.29, 0.717) is 23.1 Å². The van der Waals surface area contributed by atoms with E-state index in [0.717, 1.165) is 5.69 Å². The highest BCUT2D eigenvalue weighted by Gasteiger charge is 2.13. The van der Waals surface area contributed by atoms with E-state index in [1.165, 1.54) is 12.1 Å². The van der Waals surface area contributed by atoms with Crippen molar-refractivity contribution in [2.75, 3.05) is 0 Å². The van der Waals surface area contributed by atoms with Crippen LogP contribution in [0.3, 0.4) is 0 Å². The molecule has 0 atom stereocenters. The summed E-state index contributed by atoms with van der Waals surface area (Å²) in [6, 6.07) is 7.83. The van der Waals surface area contributed by atoms with Crippen molar-refractivity contribution in [2.45, 2.75) is 0 Å². The van der Waals surface area contributed by atoms with E-state index in [4.69, 9.17) is 11.6 Å². The lowest BCUT2D eigenvalue weighted by Gasteiger charge is -2.01. The van der Waals surface area contributed by atoms with Crippen molar-refractivity contribution in [3.05, 3.63) is 65.3 Å². The summed E-state index contributed by atoms with van der Waals surface area (Å²) in [5, 5.41) is 4.37. The van der Waals surface area contributed by atoms with Crippen molar-refractivity contribution in [1.82, 2.24) is 14.8 Å². The van der Waals surface area contributed by atoms with E-state index in [9.17, 15) is 9.18 Å². The van der Waals surface area contributed by atoms with Gasteiger partial charge in [0.05, 0.1) is 16.3 Å². The zero-order chi connectivity index (χ0) is 14.8. The van der Waals surface area contributed by atoms with Gasteiger partial charge in [-0.05, 0) is 24.3 Å². The minimum Gasteiger partial charge on any atom is -0.298 e. The van der Waals surface area contributed by atoms with Crippen LogP contribution in [-0.2, 0) is 0 Å². The molecule has 0 unspecified atom stereocenters. The molecule has 0 saturated carbocycles. The normalized spacial score (nSPS) is 10.6. The van der Waals surface area contributed by atoms with Crippen LogP contribution < -0.4 is 0 Å². The summed E-state index contributed by atoms with van der Waals surface area (Å²) in [6.45, 7) is 0. The first-order chi connectivity index (χ1) is 10.2. The SMILES string of the molecule is O=Cc1cn(-c2ccncc2)nc1-c1ccc(Cl)c(F)c1. The molecule has 2 aromatic heterocycles. The van der Waals surface area contributed by atoms with Crippen molar-refractivity contribution in [3.63, 3.8) is 0 Å². The van der Waals surface area contributed by atoms with Crippen LogP contribution in [0.15, 0.2) is 48.9 Å². The third-order valence-corrected chi connectivity index (χ3v) is 3.30. The van der Waals surface area contributed by atoms with Crippen molar-refractivity contribution in [3.8, 4) is 16.9 Å². The summed E-state index contributed by atoms with van der Waals surface area (Å²) < 4.78 is 15.1. The molecule has 2 heterocycles. The molecule has 1 aromatic carbocycles. The van der Waals surface area contributed by atoms with E-state index in [-0.39, 0.29) is 5.02 Å². The van der Waals surface area contributed by atoms with Crippen LogP contribution in [0.1, 0.15) is 10.4 Å². The first kappa shape index (κ1) is 13.5. The van der Waals surface area contributed by atoms with Crippen LogP contribution in [0.5, 0.6) is 0 Å². The molecule has 6 heteroatoms.